The summed E-state index contributed by atoms with van der Waals surface area (Å²) in [6.45, 7) is 28.0. The molecule has 53 heteroatoms. The van der Waals surface area contributed by atoms with Gasteiger partial charge in [0.25, 0.3) is 11.8 Å². The number of benzene rings is 5. The zero-order valence-corrected chi connectivity index (χ0v) is 96.9. The molecule has 1 N–H and O–H groups in total. The van der Waals surface area contributed by atoms with Gasteiger partial charge in [0.2, 0.25) is 5.28 Å². The molecule has 30 nitrogen and oxygen atoms in total. The number of nitrogens with zero attached hydrogens (tertiary/aromatic N) is 7. The average Bonchev–Trinajstić information content (AvgIpc) is 1.47. The zero-order chi connectivity index (χ0) is 107. The minimum absolute atomic E-state index is 0. The van der Waals surface area contributed by atoms with Crippen molar-refractivity contribution in [2.75, 3.05) is 70.4 Å². The Morgan fingerprint density at radius 2 is 1.17 bits per heavy atom. The number of oxazole rings is 1. The van der Waals surface area contributed by atoms with Gasteiger partial charge in [-0.3, -0.25) is 36.8 Å². The van der Waals surface area contributed by atoms with Gasteiger partial charge in [-0.15, -0.1) is 97.9 Å². The van der Waals surface area contributed by atoms with E-state index >= 15 is 0 Å². The first-order chi connectivity index (χ1) is 65.6. The second-order valence-electron chi connectivity index (χ2n) is 31.5. The number of esters is 1. The predicted octanol–water partition coefficient (Wildman–Crippen LogP) is 26.2. The molecule has 142 heavy (non-hydrogen) atoms. The van der Waals surface area contributed by atoms with Crippen molar-refractivity contribution in [3.05, 3.63) is 174 Å². The molecule has 4 fully saturated rings. The van der Waals surface area contributed by atoms with Crippen molar-refractivity contribution in [1.29, 1.82) is 0 Å². The second kappa shape index (κ2) is 60.3. The molecule has 7 unspecified atom stereocenters. The third-order valence-electron chi connectivity index (χ3n) is 20.8. The summed E-state index contributed by atoms with van der Waals surface area (Å²) < 4.78 is 117. The van der Waals surface area contributed by atoms with Crippen molar-refractivity contribution in [3.8, 4) is 23.6 Å². The van der Waals surface area contributed by atoms with Crippen molar-refractivity contribution in [2.45, 2.75) is 217 Å². The van der Waals surface area contributed by atoms with Gasteiger partial charge in [-0.05, 0) is 212 Å². The Bertz CT molecular complexity index is 5360. The molecule has 0 radical (unpaired) electrons. The number of hydroxylamine groups is 2. The number of nitrogens with one attached hydrogen (secondary N) is 1. The fourth-order valence-electron chi connectivity index (χ4n) is 13.9. The largest absolute Gasteiger partial charge is 2.00 e. The third kappa shape index (κ3) is 36.8. The van der Waals surface area contributed by atoms with Crippen LogP contribution in [0.2, 0.25) is 20.4 Å². The van der Waals surface area contributed by atoms with E-state index in [-0.39, 0.29) is 99.8 Å². The van der Waals surface area contributed by atoms with Crippen LogP contribution in [0.3, 0.4) is 0 Å². The van der Waals surface area contributed by atoms with E-state index < -0.39 is 116 Å². The summed E-state index contributed by atoms with van der Waals surface area (Å²) in [5.41, 5.74) is 5.80. The molecule has 2 saturated heterocycles. The van der Waals surface area contributed by atoms with Crippen LogP contribution in [0, 0.1) is 37.4 Å². The van der Waals surface area contributed by atoms with Crippen LogP contribution in [-0.4, -0.2) is 216 Å². The molecule has 2 aliphatic heterocycles. The van der Waals surface area contributed by atoms with E-state index in [1.165, 1.54) is 86.9 Å². The predicted molar refractivity (Wildman–Crippen MR) is 560 cm³/mol. The van der Waals surface area contributed by atoms with Crippen LogP contribution < -0.4 is 29.1 Å². The van der Waals surface area contributed by atoms with Gasteiger partial charge in [-0.1, -0.05) is 159 Å². The van der Waals surface area contributed by atoms with E-state index in [1.807, 2.05) is 87.4 Å². The maximum atomic E-state index is 13.9. The minimum Gasteiger partial charge on any atom is -0.759 e. The Morgan fingerprint density at radius 3 is 1.59 bits per heavy atom. The number of fused-ring (bicyclic) bond motifs is 6. The monoisotopic (exact) mass is 2440 g/mol. The summed E-state index contributed by atoms with van der Waals surface area (Å²) in [6.07, 6.45) is 4.27. The smallest absolute Gasteiger partial charge is 0.759 e. The van der Waals surface area contributed by atoms with Gasteiger partial charge in [0.15, 0.2) is 41.2 Å². The number of rotatable bonds is 21. The molecule has 13 rings (SSSR count). The zero-order valence-electron chi connectivity index (χ0n) is 79.6. The number of hydrogen-bond donors (Lipinski definition) is 1. The number of urea groups is 1. The molecule has 2 aromatic heterocycles. The summed E-state index contributed by atoms with van der Waals surface area (Å²) >= 11 is 114. The number of carbonyl (C=O) groups is 4. The first-order valence-corrected chi connectivity index (χ1v) is 53.7. The quantitative estimate of drug-likeness (QED) is 0.0102. The number of likely N-dealkylation sites (N-methyl/N-ethyl adjacent to an activating group) is 1. The SMILES string of the molecule is C=C(C)C1CC=C(C)CC1.CC1OC(C)OC(C)OC(C)O1.CCOP(=S)(OCC)Oc1nc(Cl)n(C(C)C)n1.COCC(=O)N(c1c(C)cccc1C)[C@H](C)C(=O)OC.CON(C)C(=O)Nc1ccc(Cl)c(Cl)c1.C[C@@H](Oc1ccc(Oc2nc3ccc(Cl)cc3o2)cc1)C(=O)N(C)c1ccccc1F.ClC1=C(Cl)C2(Cl)C3C(Cl)OC(Cl)C3C1(Cl)C2(Cl)Cl.ClC1C(Cl)C(Cl)C(Cl)C(Cl)C1Cl.O=S(=O)([O-])[O-].[Fe+2]. The molecule has 0 spiro atoms. The van der Waals surface area contributed by atoms with Gasteiger partial charge < -0.3 is 70.9 Å². The van der Waals surface area contributed by atoms with Crippen LogP contribution in [-0.2, 0) is 101 Å². The number of hydrogen-bond acceptors (Lipinski definition) is 26. The number of aryl methyl sites for hydroxylation is 2. The number of halogens is 19. The molecular formula is C89H108Cl18FFeN8O22PS2. The van der Waals surface area contributed by atoms with Crippen molar-refractivity contribution < 1.29 is 124 Å². The van der Waals surface area contributed by atoms with Gasteiger partial charge in [-0.25, -0.2) is 23.7 Å². The van der Waals surface area contributed by atoms with Crippen LogP contribution in [0.15, 0.2) is 141 Å². The molecule has 9 atom stereocenters. The minimum atomic E-state index is -5.17. The molecule has 4 aliphatic carbocycles. The first kappa shape index (κ1) is 131. The van der Waals surface area contributed by atoms with Crippen LogP contribution in [0.4, 0.5) is 26.2 Å². The number of alkyl halides is 12. The fraction of sp³-hybridized carbons (Fsp3) is 0.517. The van der Waals surface area contributed by atoms with Crippen LogP contribution in [0.25, 0.3) is 11.1 Å². The average molecular weight is 2450 g/mol. The van der Waals surface area contributed by atoms with Crippen molar-refractivity contribution in [3.63, 3.8) is 0 Å². The second-order valence-corrected chi connectivity index (χ2v) is 44.0. The first-order valence-electron chi connectivity index (χ1n) is 42.6. The van der Waals surface area contributed by atoms with Crippen molar-refractivity contribution >= 4 is 290 Å². The molecule has 4 heterocycles. The summed E-state index contributed by atoms with van der Waals surface area (Å²) in [4.78, 5) is 60.8. The topological polar surface area (TPSA) is 347 Å². The molecule has 7 aromatic rings. The molecule has 794 valence electrons. The Labute approximate surface area is 932 Å². The van der Waals surface area contributed by atoms with E-state index in [0.717, 1.165) is 27.8 Å². The van der Waals surface area contributed by atoms with E-state index in [9.17, 15) is 23.6 Å². The number of amides is 4. The van der Waals surface area contributed by atoms with Gasteiger partial charge in [0.1, 0.15) is 56.4 Å². The molecule has 6 aliphatic rings. The van der Waals surface area contributed by atoms with Crippen molar-refractivity contribution in [2.24, 2.45) is 17.8 Å². The van der Waals surface area contributed by atoms with Crippen LogP contribution in [0.1, 0.15) is 120 Å². The summed E-state index contributed by atoms with van der Waals surface area (Å²) in [5, 5.41) is 6.95. The summed E-state index contributed by atoms with van der Waals surface area (Å²) in [7, 11) is 1.98. The normalized spacial score (nSPS) is 24.8. The number of anilines is 3. The number of allylic oxidation sites excluding steroid dienone is 5. The standard InChI is InChI=1S/C23H18ClFN2O4.C15H21NO4.C10H16.C9H4Cl8O.C9H10Cl2N2O2.C9H17ClN3O3PS.C8H16O4.C6H6Cl6.Fe.H2O4S/c1-14(22(28)27(2)20-6-4-3-5-18(20)25)29-16-8-10-17(11-9-16)30-23-26-19-12-7-15(24)13-21(19)31-23;1-10-7-6-8-11(2)14(10)16(13(17)9-19-4)12(3)15(18)20-5;1-8(2)10-6-4-9(3)5-7-10;10-3-4(11)8(15)2-1(5(12)18-6(2)13)7(3,14)9(8,16)17;1-13(15-2)9(14)12-6-3-4-7(10)8(11)5-6;1-5-14-17(18,15-6-2)16-9-11-8(10)13(12-9)7(3)4;1-5-9-6(2)11-8(4)12-7(3)10-5;7-1-2(8)4(10)6(12)5(11)3(1)9;;1-5(2,3)4/h3-14H,1-2H3;6-8,12H,9H2,1-5H3;4,10H,1,5-7H2,2-3H3;1-2,5-6H;3-5H,1-2H3,(H,12,14);7H,5-6H2,1-4H3;5-8H,1-4H3;1-6H;;(H2,1,2,3,4)/q;;;;;;;;+2;/p-2/t14-;12-;;;;;;;;/m11......../s1. The number of para-hydroxylation sites is 2. The molecule has 5 aromatic carbocycles. The van der Waals surface area contributed by atoms with Gasteiger partial charge in [-0.2, -0.15) is 9.97 Å². The van der Waals surface area contributed by atoms with E-state index in [0.29, 0.717) is 56.6 Å². The Hall–Kier alpha value is -3.16. The number of ether oxygens (including phenoxy) is 9. The van der Waals surface area contributed by atoms with Crippen LogP contribution in [0.5, 0.6) is 23.6 Å². The third-order valence-corrected chi connectivity index (χ3v) is 33.5. The van der Waals surface area contributed by atoms with Gasteiger partial charge in [0, 0.05) is 78.1 Å². The van der Waals surface area contributed by atoms with Crippen molar-refractivity contribution in [1.82, 2.24) is 24.8 Å². The van der Waals surface area contributed by atoms with Gasteiger partial charge >= 0.3 is 47.9 Å². The fourth-order valence-corrected chi connectivity index (χ4v) is 23.1. The van der Waals surface area contributed by atoms with E-state index in [4.69, 9.17) is 304 Å². The summed E-state index contributed by atoms with van der Waals surface area (Å²) in [6, 6.07) is 27.4. The van der Waals surface area contributed by atoms with Gasteiger partial charge in [0.05, 0.1) is 91.2 Å². The number of carbonyl (C=O) groups excluding carboxylic acids is 4. The van der Waals surface area contributed by atoms with E-state index in [1.54, 1.807) is 92.2 Å². The molecular weight excluding hydrogens is 2340 g/mol. The molecule has 2 saturated carbocycles. The Kier molecular flexibility index (Phi) is 55.7. The summed E-state index contributed by atoms with van der Waals surface area (Å²) in [5.74, 6) is -0.934. The maximum Gasteiger partial charge on any atom is 2.00 e. The number of methoxy groups -OCH3 is 2. The Morgan fingerprint density at radius 1 is 0.683 bits per heavy atom. The van der Waals surface area contributed by atoms with Crippen LogP contribution >= 0.6 is 216 Å². The molecule has 4 amide bonds. The molecule has 2 bridgehead atoms. The maximum absolute atomic E-state index is 13.9. The Balaban J connectivity index is 0.000000343. The number of aromatic nitrogens is 4. The van der Waals surface area contributed by atoms with E-state index in [2.05, 4.69) is 46.9 Å².